The topological polar surface area (TPSA) is 111 Å². The summed E-state index contributed by atoms with van der Waals surface area (Å²) in [5.41, 5.74) is -0.376. The number of aromatic hydroxyl groups is 4. The molecule has 6 heteroatoms. The van der Waals surface area contributed by atoms with E-state index in [-0.39, 0.29) is 28.2 Å². The highest BCUT2D eigenvalue weighted by molar-refractivity contribution is 5.86. The van der Waals surface area contributed by atoms with E-state index >= 15 is 0 Å². The largest absolute Gasteiger partial charge is 0.508 e. The normalized spacial score (nSPS) is 11.5. The molecule has 3 rings (SSSR count). The molecule has 0 fully saturated rings. The van der Waals surface area contributed by atoms with E-state index in [9.17, 15) is 25.2 Å². The van der Waals surface area contributed by atoms with Crippen molar-refractivity contribution in [2.24, 2.45) is 0 Å². The molecule has 6 nitrogen and oxygen atoms in total. The first-order valence-corrected chi connectivity index (χ1v) is 5.90. The van der Waals surface area contributed by atoms with Crippen LogP contribution in [0.3, 0.4) is 0 Å². The van der Waals surface area contributed by atoms with Gasteiger partial charge in [0.1, 0.15) is 28.2 Å². The van der Waals surface area contributed by atoms with E-state index in [2.05, 4.69) is 0 Å². The van der Waals surface area contributed by atoms with Gasteiger partial charge in [-0.25, -0.2) is 0 Å². The SMILES string of the molecule is [2H]c1c(O)cc2oc(-c3ccc(O)c(O)c3)cc(=O)c2c1O. The lowest BCUT2D eigenvalue weighted by molar-refractivity contribution is 0.404. The highest BCUT2D eigenvalue weighted by atomic mass is 16.3. The van der Waals surface area contributed by atoms with Crippen molar-refractivity contribution in [2.75, 3.05) is 0 Å². The van der Waals surface area contributed by atoms with E-state index in [0.29, 0.717) is 5.56 Å². The van der Waals surface area contributed by atoms with Crippen LogP contribution in [0.2, 0.25) is 0 Å². The molecule has 3 aromatic rings. The van der Waals surface area contributed by atoms with Crippen molar-refractivity contribution in [3.8, 4) is 34.3 Å². The molecule has 0 aliphatic heterocycles. The van der Waals surface area contributed by atoms with Crippen LogP contribution in [-0.2, 0) is 0 Å². The van der Waals surface area contributed by atoms with Crippen molar-refractivity contribution in [3.63, 3.8) is 0 Å². The van der Waals surface area contributed by atoms with E-state index in [4.69, 9.17) is 5.79 Å². The molecule has 4 N–H and O–H groups in total. The molecule has 0 saturated carbocycles. The van der Waals surface area contributed by atoms with Crippen molar-refractivity contribution in [3.05, 3.63) is 46.6 Å². The predicted molar refractivity (Wildman–Crippen MR) is 74.6 cm³/mol. The minimum absolute atomic E-state index is 0.0735. The van der Waals surface area contributed by atoms with Crippen LogP contribution in [0.15, 0.2) is 45.6 Å². The number of rotatable bonds is 1. The van der Waals surface area contributed by atoms with Crippen molar-refractivity contribution >= 4 is 11.0 Å². The summed E-state index contributed by atoms with van der Waals surface area (Å²) in [4.78, 5) is 12.1. The van der Waals surface area contributed by atoms with Crippen LogP contribution in [-0.4, -0.2) is 20.4 Å². The third kappa shape index (κ3) is 2.12. The van der Waals surface area contributed by atoms with Crippen LogP contribution in [0, 0.1) is 0 Å². The molecule has 0 atom stereocenters. The summed E-state index contributed by atoms with van der Waals surface area (Å²) in [6.45, 7) is 0. The van der Waals surface area contributed by atoms with Crippen LogP contribution < -0.4 is 5.43 Å². The fourth-order valence-corrected chi connectivity index (χ4v) is 2.01. The van der Waals surface area contributed by atoms with Gasteiger partial charge in [0.25, 0.3) is 0 Å². The summed E-state index contributed by atoms with van der Waals surface area (Å²) in [7, 11) is 0. The van der Waals surface area contributed by atoms with Gasteiger partial charge >= 0.3 is 0 Å². The fraction of sp³-hybridized carbons (Fsp3) is 0. The lowest BCUT2D eigenvalue weighted by Crippen LogP contribution is -2.00. The Morgan fingerprint density at radius 3 is 2.43 bits per heavy atom. The third-order valence-electron chi connectivity index (χ3n) is 2.99. The maximum Gasteiger partial charge on any atom is 0.197 e. The van der Waals surface area contributed by atoms with E-state index < -0.39 is 23.0 Å². The van der Waals surface area contributed by atoms with E-state index in [1.54, 1.807) is 0 Å². The van der Waals surface area contributed by atoms with Crippen molar-refractivity contribution in [1.82, 2.24) is 0 Å². The first-order chi connectivity index (χ1) is 10.4. The predicted octanol–water partition coefficient (Wildman–Crippen LogP) is 2.28. The van der Waals surface area contributed by atoms with E-state index in [1.165, 1.54) is 18.2 Å². The number of fused-ring (bicyclic) bond motifs is 1. The molecule has 2 aromatic carbocycles. The minimum atomic E-state index is -0.663. The summed E-state index contributed by atoms with van der Waals surface area (Å²) >= 11 is 0. The number of benzene rings is 2. The average Bonchev–Trinajstić information content (AvgIpc) is 2.47. The Balaban J connectivity index is 2.31. The Bertz CT molecular complexity index is 960. The number of hydrogen-bond acceptors (Lipinski definition) is 6. The molecule has 0 saturated heterocycles. The first-order valence-electron chi connectivity index (χ1n) is 6.40. The van der Waals surface area contributed by atoms with Crippen LogP contribution in [0.25, 0.3) is 22.3 Å². The van der Waals surface area contributed by atoms with Crippen LogP contribution in [0.4, 0.5) is 0 Å². The summed E-state index contributed by atoms with van der Waals surface area (Å²) in [5, 5.41) is 37.9. The second-order valence-corrected chi connectivity index (χ2v) is 4.42. The van der Waals surface area contributed by atoms with Crippen LogP contribution in [0.1, 0.15) is 1.37 Å². The lowest BCUT2D eigenvalue weighted by atomic mass is 10.1. The molecular weight excluding hydrogens is 276 g/mol. The van der Waals surface area contributed by atoms with Gasteiger partial charge < -0.3 is 24.8 Å². The summed E-state index contributed by atoms with van der Waals surface area (Å²) in [5.74, 6) is -1.82. The molecule has 0 amide bonds. The first kappa shape index (κ1) is 11.7. The van der Waals surface area contributed by atoms with Gasteiger partial charge in [0.05, 0.1) is 1.37 Å². The summed E-state index contributed by atoms with van der Waals surface area (Å²) in [6, 6.07) is 5.45. The van der Waals surface area contributed by atoms with Gasteiger partial charge in [-0.1, -0.05) is 0 Å². The van der Waals surface area contributed by atoms with E-state index in [1.807, 2.05) is 0 Å². The number of phenolic OH excluding ortho intramolecular Hbond substituents is 4. The number of phenols is 4. The quantitative estimate of drug-likeness (QED) is 0.511. The molecule has 0 bridgehead atoms. The van der Waals surface area contributed by atoms with Gasteiger partial charge in [-0.05, 0) is 18.2 Å². The molecule has 0 spiro atoms. The van der Waals surface area contributed by atoms with Crippen molar-refractivity contribution < 1.29 is 26.2 Å². The van der Waals surface area contributed by atoms with Gasteiger partial charge in [0.2, 0.25) is 0 Å². The maximum absolute atomic E-state index is 12.1. The standard InChI is InChI=1S/C15H10O6/c16-8-4-11(19)15-12(20)6-13(21-14(15)5-8)7-1-2-9(17)10(18)3-7/h1-6,16-19H/i4D. The van der Waals surface area contributed by atoms with E-state index in [0.717, 1.165) is 12.1 Å². The Morgan fingerprint density at radius 2 is 1.71 bits per heavy atom. The lowest BCUT2D eigenvalue weighted by Gasteiger charge is -2.06. The third-order valence-corrected chi connectivity index (χ3v) is 2.99. The second-order valence-electron chi connectivity index (χ2n) is 4.42. The molecule has 1 aromatic heterocycles. The molecular formula is C15H10O6. The minimum Gasteiger partial charge on any atom is -0.508 e. The second kappa shape index (κ2) is 4.45. The Kier molecular flexibility index (Phi) is 2.47. The van der Waals surface area contributed by atoms with Gasteiger partial charge in [0.15, 0.2) is 16.9 Å². The fourth-order valence-electron chi connectivity index (χ4n) is 2.01. The average molecular weight is 287 g/mol. The smallest absolute Gasteiger partial charge is 0.197 e. The van der Waals surface area contributed by atoms with Crippen LogP contribution >= 0.6 is 0 Å². The zero-order valence-corrected chi connectivity index (χ0v) is 10.5. The summed E-state index contributed by atoms with van der Waals surface area (Å²) in [6.07, 6.45) is 0. The zero-order valence-electron chi connectivity index (χ0n) is 11.5. The Morgan fingerprint density at radius 1 is 0.952 bits per heavy atom. The summed E-state index contributed by atoms with van der Waals surface area (Å²) < 4.78 is 12.9. The Hall–Kier alpha value is -3.15. The van der Waals surface area contributed by atoms with Gasteiger partial charge in [-0.2, -0.15) is 0 Å². The molecule has 0 aliphatic rings. The molecule has 106 valence electrons. The molecule has 1 heterocycles. The highest BCUT2D eigenvalue weighted by Gasteiger charge is 2.13. The van der Waals surface area contributed by atoms with Crippen molar-refractivity contribution in [2.45, 2.75) is 0 Å². The van der Waals surface area contributed by atoms with Crippen molar-refractivity contribution in [1.29, 1.82) is 0 Å². The van der Waals surface area contributed by atoms with Gasteiger partial charge in [-0.3, -0.25) is 4.79 Å². The monoisotopic (exact) mass is 287 g/mol. The maximum atomic E-state index is 12.1. The number of hydrogen-bond donors (Lipinski definition) is 4. The Labute approximate surface area is 119 Å². The van der Waals surface area contributed by atoms with Gasteiger partial charge in [-0.15, -0.1) is 0 Å². The highest BCUT2D eigenvalue weighted by Crippen LogP contribution is 2.33. The molecule has 0 unspecified atom stereocenters. The molecule has 0 aliphatic carbocycles. The van der Waals surface area contributed by atoms with Gasteiger partial charge in [0, 0.05) is 23.7 Å². The van der Waals surface area contributed by atoms with Crippen LogP contribution in [0.5, 0.6) is 23.0 Å². The molecule has 0 radical (unpaired) electrons. The zero-order chi connectivity index (χ0) is 16.0. The molecule has 21 heavy (non-hydrogen) atoms.